The molecule has 0 aliphatic carbocycles. The summed E-state index contributed by atoms with van der Waals surface area (Å²) >= 11 is 3.80. The van der Waals surface area contributed by atoms with Gasteiger partial charge in [-0.2, -0.15) is 11.8 Å². The van der Waals surface area contributed by atoms with Crippen molar-refractivity contribution < 1.29 is 4.79 Å². The number of Topliss-reactive ketones (excluding diaryl/α,β-unsaturated/α-hetero) is 1. The number of ketones is 1. The molecular formula is C11H20OS2. The van der Waals surface area contributed by atoms with Crippen LogP contribution < -0.4 is 0 Å². The summed E-state index contributed by atoms with van der Waals surface area (Å²) in [5, 5.41) is 0.300. The number of hydrogen-bond donors (Lipinski definition) is 0. The molecule has 0 aromatic rings. The summed E-state index contributed by atoms with van der Waals surface area (Å²) < 4.78 is 0. The van der Waals surface area contributed by atoms with E-state index in [1.54, 1.807) is 0 Å². The van der Waals surface area contributed by atoms with Crippen LogP contribution in [0.15, 0.2) is 0 Å². The van der Waals surface area contributed by atoms with Gasteiger partial charge in [0.1, 0.15) is 5.78 Å². The largest absolute Gasteiger partial charge is 0.298 e. The molecule has 0 N–H and O–H groups in total. The molecule has 0 aromatic carbocycles. The fraction of sp³-hybridized carbons (Fsp3) is 0.909. The molecule has 1 fully saturated rings. The van der Waals surface area contributed by atoms with Crippen LogP contribution >= 0.6 is 23.5 Å². The zero-order chi connectivity index (χ0) is 10.4. The van der Waals surface area contributed by atoms with Crippen LogP contribution in [0.25, 0.3) is 0 Å². The van der Waals surface area contributed by atoms with Crippen LogP contribution in [0.4, 0.5) is 0 Å². The van der Waals surface area contributed by atoms with Crippen LogP contribution in [0.5, 0.6) is 0 Å². The predicted octanol–water partition coefficient (Wildman–Crippen LogP) is 3.23. The van der Waals surface area contributed by atoms with Crippen molar-refractivity contribution in [3.8, 4) is 0 Å². The Kier molecular flexibility index (Phi) is 6.02. The first-order valence-corrected chi connectivity index (χ1v) is 7.70. The second kappa shape index (κ2) is 6.78. The standard InChI is InChI=1S/C11H20OS2/c1-3-9(4-2)7-10(12)11-8-13-5-6-14-11/h9,11H,3-8H2,1-2H3. The third kappa shape index (κ3) is 3.85. The SMILES string of the molecule is CCC(CC)CC(=O)C1CSCCS1. The van der Waals surface area contributed by atoms with Crippen LogP contribution in [-0.2, 0) is 4.79 Å². The lowest BCUT2D eigenvalue weighted by Crippen LogP contribution is -2.25. The van der Waals surface area contributed by atoms with Crippen molar-refractivity contribution in [1.29, 1.82) is 0 Å². The van der Waals surface area contributed by atoms with Crippen molar-refractivity contribution in [2.75, 3.05) is 17.3 Å². The zero-order valence-electron chi connectivity index (χ0n) is 9.12. The summed E-state index contributed by atoms with van der Waals surface area (Å²) in [6.07, 6.45) is 3.10. The average molecular weight is 232 g/mol. The van der Waals surface area contributed by atoms with Crippen molar-refractivity contribution in [1.82, 2.24) is 0 Å². The van der Waals surface area contributed by atoms with Gasteiger partial charge in [-0.05, 0) is 5.92 Å². The Balaban J connectivity index is 2.32. The number of carbonyl (C=O) groups excluding carboxylic acids is 1. The van der Waals surface area contributed by atoms with E-state index >= 15 is 0 Å². The molecule has 82 valence electrons. The highest BCUT2D eigenvalue weighted by Gasteiger charge is 2.23. The minimum Gasteiger partial charge on any atom is -0.298 e. The summed E-state index contributed by atoms with van der Waals surface area (Å²) in [6.45, 7) is 4.37. The number of carbonyl (C=O) groups is 1. The van der Waals surface area contributed by atoms with Crippen molar-refractivity contribution in [2.45, 2.75) is 38.4 Å². The van der Waals surface area contributed by atoms with Crippen LogP contribution in [0, 0.1) is 5.92 Å². The molecule has 0 aromatic heterocycles. The fourth-order valence-electron chi connectivity index (χ4n) is 1.67. The van der Waals surface area contributed by atoms with E-state index in [0.717, 1.165) is 30.8 Å². The molecule has 1 heterocycles. The molecule has 0 saturated carbocycles. The molecule has 1 aliphatic rings. The summed E-state index contributed by atoms with van der Waals surface area (Å²) in [6, 6.07) is 0. The molecule has 1 aliphatic heterocycles. The Bertz CT molecular complexity index is 172. The Labute approximate surface area is 95.8 Å². The monoisotopic (exact) mass is 232 g/mol. The second-order valence-electron chi connectivity index (χ2n) is 3.79. The molecule has 0 amide bonds. The van der Waals surface area contributed by atoms with E-state index in [9.17, 15) is 4.79 Å². The van der Waals surface area contributed by atoms with Crippen molar-refractivity contribution >= 4 is 29.3 Å². The van der Waals surface area contributed by atoms with Gasteiger partial charge in [0.15, 0.2) is 0 Å². The predicted molar refractivity (Wildman–Crippen MR) is 67.3 cm³/mol. The van der Waals surface area contributed by atoms with Gasteiger partial charge in [-0.1, -0.05) is 26.7 Å². The molecule has 1 saturated heterocycles. The van der Waals surface area contributed by atoms with Gasteiger partial charge in [0.2, 0.25) is 0 Å². The van der Waals surface area contributed by atoms with Crippen molar-refractivity contribution in [2.24, 2.45) is 5.92 Å². The maximum absolute atomic E-state index is 11.9. The van der Waals surface area contributed by atoms with E-state index in [1.807, 2.05) is 23.5 Å². The number of rotatable bonds is 5. The molecule has 1 atom stereocenters. The van der Waals surface area contributed by atoms with Gasteiger partial charge in [0.25, 0.3) is 0 Å². The van der Waals surface area contributed by atoms with Crippen molar-refractivity contribution in [3.63, 3.8) is 0 Å². The van der Waals surface area contributed by atoms with Crippen molar-refractivity contribution in [3.05, 3.63) is 0 Å². The highest BCUT2D eigenvalue weighted by Crippen LogP contribution is 2.27. The van der Waals surface area contributed by atoms with Gasteiger partial charge in [-0.15, -0.1) is 11.8 Å². The van der Waals surface area contributed by atoms with Crippen LogP contribution in [-0.4, -0.2) is 28.3 Å². The molecule has 1 nitrogen and oxygen atoms in total. The molecule has 0 spiro atoms. The Morgan fingerprint density at radius 2 is 2.07 bits per heavy atom. The van der Waals surface area contributed by atoms with Gasteiger partial charge in [-0.3, -0.25) is 4.79 Å². The fourth-order valence-corrected chi connectivity index (χ4v) is 4.33. The third-order valence-corrected chi connectivity index (χ3v) is 5.62. The molecule has 1 unspecified atom stereocenters. The first-order chi connectivity index (χ1) is 6.77. The van der Waals surface area contributed by atoms with Gasteiger partial charge in [-0.25, -0.2) is 0 Å². The van der Waals surface area contributed by atoms with E-state index < -0.39 is 0 Å². The first-order valence-electron chi connectivity index (χ1n) is 5.50. The lowest BCUT2D eigenvalue weighted by Gasteiger charge is -2.21. The van der Waals surface area contributed by atoms with Gasteiger partial charge < -0.3 is 0 Å². The molecule has 0 bridgehead atoms. The minimum atomic E-state index is 0.300. The highest BCUT2D eigenvalue weighted by molar-refractivity contribution is 8.07. The van der Waals surface area contributed by atoms with Crippen LogP contribution in [0.2, 0.25) is 0 Å². The average Bonchev–Trinajstić information content (AvgIpc) is 2.26. The molecular weight excluding hydrogens is 212 g/mol. The van der Waals surface area contributed by atoms with Gasteiger partial charge >= 0.3 is 0 Å². The van der Waals surface area contributed by atoms with E-state index in [0.29, 0.717) is 17.0 Å². The quantitative estimate of drug-likeness (QED) is 0.724. The zero-order valence-corrected chi connectivity index (χ0v) is 10.8. The van der Waals surface area contributed by atoms with Crippen LogP contribution in [0.1, 0.15) is 33.1 Å². The molecule has 14 heavy (non-hydrogen) atoms. The summed E-state index contributed by atoms with van der Waals surface area (Å²) in [5.74, 6) is 4.54. The van der Waals surface area contributed by atoms with E-state index in [1.165, 1.54) is 5.75 Å². The lowest BCUT2D eigenvalue weighted by atomic mass is 9.96. The Hall–Kier alpha value is 0.370. The smallest absolute Gasteiger partial charge is 0.146 e. The normalized spacial score (nSPS) is 22.6. The first kappa shape index (κ1) is 12.4. The van der Waals surface area contributed by atoms with Gasteiger partial charge in [0, 0.05) is 23.7 Å². The maximum atomic E-state index is 11.9. The molecule has 0 radical (unpaired) electrons. The minimum absolute atomic E-state index is 0.300. The summed E-state index contributed by atoms with van der Waals surface area (Å²) in [4.78, 5) is 11.9. The Morgan fingerprint density at radius 1 is 1.36 bits per heavy atom. The summed E-state index contributed by atoms with van der Waals surface area (Å²) in [7, 11) is 0. The maximum Gasteiger partial charge on any atom is 0.146 e. The van der Waals surface area contributed by atoms with Crippen LogP contribution in [0.3, 0.4) is 0 Å². The van der Waals surface area contributed by atoms with Gasteiger partial charge in [0.05, 0.1) is 5.25 Å². The van der Waals surface area contributed by atoms with E-state index in [-0.39, 0.29) is 0 Å². The van der Waals surface area contributed by atoms with E-state index in [2.05, 4.69) is 13.8 Å². The highest BCUT2D eigenvalue weighted by atomic mass is 32.2. The lowest BCUT2D eigenvalue weighted by molar-refractivity contribution is -0.119. The number of thioether (sulfide) groups is 2. The van der Waals surface area contributed by atoms with E-state index in [4.69, 9.17) is 0 Å². The molecule has 1 rings (SSSR count). The third-order valence-electron chi connectivity index (χ3n) is 2.82. The summed E-state index contributed by atoms with van der Waals surface area (Å²) in [5.41, 5.74) is 0. The second-order valence-corrected chi connectivity index (χ2v) is 6.25. The Morgan fingerprint density at radius 3 is 2.57 bits per heavy atom. The molecule has 3 heteroatoms. The topological polar surface area (TPSA) is 17.1 Å². The number of hydrogen-bond acceptors (Lipinski definition) is 3.